The van der Waals surface area contributed by atoms with Gasteiger partial charge in [0.15, 0.2) is 0 Å². The van der Waals surface area contributed by atoms with Gasteiger partial charge in [0.2, 0.25) is 0 Å². The van der Waals surface area contributed by atoms with Crippen LogP contribution >= 0.6 is 21.4 Å². The molecule has 37 heavy (non-hydrogen) atoms. The van der Waals surface area contributed by atoms with E-state index in [0.717, 1.165) is 52.4 Å². The molecule has 1 atom stereocenters. The number of hydrogen-bond acceptors (Lipinski definition) is 8. The Labute approximate surface area is 229 Å². The van der Waals surface area contributed by atoms with E-state index in [1.807, 2.05) is 48.5 Å². The third-order valence-corrected chi connectivity index (χ3v) is 17.9. The first kappa shape index (κ1) is 35.5. The highest BCUT2D eigenvalue weighted by atomic mass is 31.2. The Hall–Kier alpha value is 0.490. The standard InChI is InChI=1S/C26H59N4O4P3/c1-8-35(32,9-2)23-28-16-14-27(22-26(7)31)15-17-29(24-36(33,10-3)11-4)19-21-30(20-18-28)25-37(34,12-5)13-6/h26,31H,8-25H2,1-7H3. The molecule has 0 amide bonds. The van der Waals surface area contributed by atoms with Gasteiger partial charge < -0.3 is 18.8 Å². The SMILES string of the molecule is CCP(=O)(CC)CN1CCN(CC(C)O)CCN(CP(=O)(CC)CC)CCN(CP(=O)(CC)CC)CC1. The molecule has 1 saturated heterocycles. The second-order valence-corrected chi connectivity index (χ2v) is 22.0. The van der Waals surface area contributed by atoms with Crippen molar-refractivity contribution in [1.29, 1.82) is 0 Å². The van der Waals surface area contributed by atoms with Gasteiger partial charge in [-0.15, -0.1) is 0 Å². The topological polar surface area (TPSA) is 84.4 Å². The van der Waals surface area contributed by atoms with Gasteiger partial charge in [-0.2, -0.15) is 0 Å². The van der Waals surface area contributed by atoms with Gasteiger partial charge in [-0.1, -0.05) is 41.5 Å². The molecule has 0 aromatic heterocycles. The van der Waals surface area contributed by atoms with Crippen LogP contribution in [0.5, 0.6) is 0 Å². The Balaban J connectivity index is 3.23. The minimum atomic E-state index is -2.25. The van der Waals surface area contributed by atoms with Gasteiger partial charge in [0.05, 0.1) is 25.0 Å². The summed E-state index contributed by atoms with van der Waals surface area (Å²) in [7, 11) is -6.74. The first-order valence-electron chi connectivity index (χ1n) is 14.7. The summed E-state index contributed by atoms with van der Waals surface area (Å²) in [6.45, 7) is 21.0. The highest BCUT2D eigenvalue weighted by Gasteiger charge is 2.27. The predicted molar refractivity (Wildman–Crippen MR) is 164 cm³/mol. The second-order valence-electron chi connectivity index (χ2n) is 11.0. The van der Waals surface area contributed by atoms with Crippen molar-refractivity contribution in [3.05, 3.63) is 0 Å². The molecule has 1 rings (SSSR count). The van der Waals surface area contributed by atoms with Crippen LogP contribution in [0.1, 0.15) is 48.5 Å². The Morgan fingerprint density at radius 2 is 0.730 bits per heavy atom. The lowest BCUT2D eigenvalue weighted by Crippen LogP contribution is -2.47. The molecule has 0 aliphatic carbocycles. The fourth-order valence-electron chi connectivity index (χ4n) is 4.92. The molecule has 222 valence electrons. The van der Waals surface area contributed by atoms with Crippen molar-refractivity contribution in [2.45, 2.75) is 54.6 Å². The predicted octanol–water partition coefficient (Wildman–Crippen LogP) is 4.67. The molecule has 1 aliphatic rings. The number of aliphatic hydroxyl groups excluding tert-OH is 1. The molecule has 8 nitrogen and oxygen atoms in total. The monoisotopic (exact) mass is 584 g/mol. The van der Waals surface area contributed by atoms with E-state index in [9.17, 15) is 18.8 Å². The van der Waals surface area contributed by atoms with Gasteiger partial charge in [0.1, 0.15) is 21.4 Å². The molecular weight excluding hydrogens is 525 g/mol. The van der Waals surface area contributed by atoms with E-state index in [4.69, 9.17) is 0 Å². The number of β-amino-alcohol motifs (C(OH)–C–C–N with tert-alkyl or cyclic N) is 1. The zero-order valence-electron chi connectivity index (χ0n) is 25.1. The van der Waals surface area contributed by atoms with Crippen LogP contribution in [0.4, 0.5) is 0 Å². The van der Waals surface area contributed by atoms with E-state index in [-0.39, 0.29) is 0 Å². The molecule has 0 aromatic rings. The normalized spacial score (nSPS) is 20.4. The Kier molecular flexibility index (Phi) is 16.6. The Morgan fingerprint density at radius 3 is 0.919 bits per heavy atom. The third-order valence-electron chi connectivity index (χ3n) is 8.28. The highest BCUT2D eigenvalue weighted by Crippen LogP contribution is 2.47. The summed E-state index contributed by atoms with van der Waals surface area (Å²) in [6.07, 6.45) is 5.73. The van der Waals surface area contributed by atoms with Gasteiger partial charge in [-0.05, 0) is 43.9 Å². The largest absolute Gasteiger partial charge is 0.392 e. The minimum Gasteiger partial charge on any atom is -0.392 e. The molecule has 0 spiro atoms. The number of nitrogens with zero attached hydrogens (tertiary/aromatic N) is 4. The molecule has 0 aromatic carbocycles. The molecule has 0 radical (unpaired) electrons. The van der Waals surface area contributed by atoms with E-state index < -0.39 is 27.5 Å². The van der Waals surface area contributed by atoms with E-state index in [1.165, 1.54) is 0 Å². The molecule has 1 heterocycles. The average Bonchev–Trinajstić information content (AvgIpc) is 2.89. The molecule has 1 aliphatic heterocycles. The lowest BCUT2D eigenvalue weighted by Gasteiger charge is -2.37. The van der Waals surface area contributed by atoms with Crippen molar-refractivity contribution in [2.24, 2.45) is 0 Å². The first-order chi connectivity index (χ1) is 17.4. The lowest BCUT2D eigenvalue weighted by molar-refractivity contribution is 0.102. The summed E-state index contributed by atoms with van der Waals surface area (Å²) in [4.78, 5) is 9.35. The summed E-state index contributed by atoms with van der Waals surface area (Å²) in [5, 5.41) is 10.1. The van der Waals surface area contributed by atoms with E-state index in [2.05, 4.69) is 19.6 Å². The molecule has 1 N–H and O–H groups in total. The number of rotatable bonds is 14. The fourth-order valence-corrected chi connectivity index (χ4v) is 10.5. The van der Waals surface area contributed by atoms with Crippen molar-refractivity contribution in [1.82, 2.24) is 19.6 Å². The van der Waals surface area contributed by atoms with Crippen molar-refractivity contribution < 1.29 is 18.8 Å². The van der Waals surface area contributed by atoms with Crippen LogP contribution in [0.3, 0.4) is 0 Å². The molecule has 0 saturated carbocycles. The summed E-state index contributed by atoms with van der Waals surface area (Å²) in [5.74, 6) is 0. The zero-order valence-corrected chi connectivity index (χ0v) is 27.8. The third kappa shape index (κ3) is 13.1. The van der Waals surface area contributed by atoms with Gasteiger partial charge in [-0.3, -0.25) is 19.6 Å². The number of hydrogen-bond donors (Lipinski definition) is 1. The highest BCUT2D eigenvalue weighted by molar-refractivity contribution is 7.64. The van der Waals surface area contributed by atoms with E-state index in [0.29, 0.717) is 62.4 Å². The lowest BCUT2D eigenvalue weighted by atomic mass is 10.3. The smallest absolute Gasteiger partial charge is 0.100 e. The van der Waals surface area contributed by atoms with E-state index in [1.54, 1.807) is 0 Å². The summed E-state index contributed by atoms with van der Waals surface area (Å²) in [5.41, 5.74) is 0. The molecule has 1 unspecified atom stereocenters. The van der Waals surface area contributed by atoms with Crippen LogP contribution in [0.2, 0.25) is 0 Å². The van der Waals surface area contributed by atoms with Crippen LogP contribution < -0.4 is 0 Å². The maximum Gasteiger partial charge on any atom is 0.100 e. The Bertz CT molecular complexity index is 715. The summed E-state index contributed by atoms with van der Waals surface area (Å²) < 4.78 is 40.3. The fraction of sp³-hybridized carbons (Fsp3) is 1.00. The first-order valence-corrected chi connectivity index (χ1v) is 21.5. The van der Waals surface area contributed by atoms with Crippen molar-refractivity contribution in [3.63, 3.8) is 0 Å². The van der Waals surface area contributed by atoms with Gasteiger partial charge in [0, 0.05) is 58.9 Å². The maximum absolute atomic E-state index is 13.5. The van der Waals surface area contributed by atoms with Crippen LogP contribution in [-0.4, -0.2) is 146 Å². The van der Waals surface area contributed by atoms with Crippen LogP contribution in [0.25, 0.3) is 0 Å². The number of aliphatic hydroxyl groups is 1. The average molecular weight is 585 g/mol. The minimum absolute atomic E-state index is 0.419. The summed E-state index contributed by atoms with van der Waals surface area (Å²) in [6, 6.07) is 0. The molecule has 11 heteroatoms. The maximum atomic E-state index is 13.5. The molecule has 0 bridgehead atoms. The van der Waals surface area contributed by atoms with E-state index >= 15 is 0 Å². The quantitative estimate of drug-likeness (QED) is 0.295. The van der Waals surface area contributed by atoms with Crippen molar-refractivity contribution in [2.75, 3.05) is 115 Å². The van der Waals surface area contributed by atoms with Gasteiger partial charge >= 0.3 is 0 Å². The van der Waals surface area contributed by atoms with Crippen molar-refractivity contribution in [3.8, 4) is 0 Å². The van der Waals surface area contributed by atoms with Gasteiger partial charge in [0.25, 0.3) is 0 Å². The van der Waals surface area contributed by atoms with Gasteiger partial charge in [-0.25, -0.2) is 0 Å². The summed E-state index contributed by atoms with van der Waals surface area (Å²) >= 11 is 0. The molecular formula is C26H59N4O4P3. The second kappa shape index (κ2) is 17.3. The van der Waals surface area contributed by atoms with Crippen LogP contribution in [0, 0.1) is 0 Å². The molecule has 1 fully saturated rings. The zero-order chi connectivity index (χ0) is 28.1. The van der Waals surface area contributed by atoms with Crippen molar-refractivity contribution >= 4 is 21.4 Å². The van der Waals surface area contributed by atoms with Crippen LogP contribution in [-0.2, 0) is 13.7 Å². The van der Waals surface area contributed by atoms with Crippen LogP contribution in [0.15, 0.2) is 0 Å². The Morgan fingerprint density at radius 1 is 0.514 bits per heavy atom.